The van der Waals surface area contributed by atoms with Gasteiger partial charge >= 0.3 is 0 Å². The van der Waals surface area contributed by atoms with Crippen LogP contribution in [0.1, 0.15) is 16.1 Å². The molecule has 2 aromatic heterocycles. The Morgan fingerprint density at radius 1 is 1.29 bits per heavy atom. The van der Waals surface area contributed by atoms with Crippen LogP contribution in [0, 0.1) is 0 Å². The van der Waals surface area contributed by atoms with E-state index in [4.69, 9.17) is 11.6 Å². The molecule has 3 rings (SSSR count). The fourth-order valence-electron chi connectivity index (χ4n) is 2.01. The predicted octanol–water partition coefficient (Wildman–Crippen LogP) is 2.62. The SMILES string of the molecule is O=C(NCc1cn2cccc(O)c2n1)c1ccc(Cl)cc1. The Kier molecular flexibility index (Phi) is 3.50. The van der Waals surface area contributed by atoms with Gasteiger partial charge in [-0.2, -0.15) is 0 Å². The highest BCUT2D eigenvalue weighted by molar-refractivity contribution is 6.30. The summed E-state index contributed by atoms with van der Waals surface area (Å²) in [5.41, 5.74) is 1.66. The van der Waals surface area contributed by atoms with E-state index in [0.29, 0.717) is 21.9 Å². The van der Waals surface area contributed by atoms with Crippen LogP contribution in [0.3, 0.4) is 0 Å². The van der Waals surface area contributed by atoms with Crippen LogP contribution < -0.4 is 5.32 Å². The summed E-state index contributed by atoms with van der Waals surface area (Å²) in [6.07, 6.45) is 3.55. The Balaban J connectivity index is 1.72. The van der Waals surface area contributed by atoms with Gasteiger partial charge in [0.2, 0.25) is 0 Å². The Morgan fingerprint density at radius 2 is 2.05 bits per heavy atom. The number of amides is 1. The van der Waals surface area contributed by atoms with Crippen molar-refractivity contribution in [1.82, 2.24) is 14.7 Å². The first-order chi connectivity index (χ1) is 10.1. The third-order valence-corrected chi connectivity index (χ3v) is 3.30. The lowest BCUT2D eigenvalue weighted by molar-refractivity contribution is 0.0950. The number of imidazole rings is 1. The van der Waals surface area contributed by atoms with Crippen LogP contribution in [-0.4, -0.2) is 20.4 Å². The molecule has 0 saturated heterocycles. The molecule has 0 spiro atoms. The third-order valence-electron chi connectivity index (χ3n) is 3.05. The lowest BCUT2D eigenvalue weighted by atomic mass is 10.2. The first-order valence-electron chi connectivity index (χ1n) is 6.33. The molecule has 0 radical (unpaired) electrons. The van der Waals surface area contributed by atoms with Crippen molar-refractivity contribution in [2.75, 3.05) is 0 Å². The number of carbonyl (C=O) groups is 1. The number of aromatic nitrogens is 2. The van der Waals surface area contributed by atoms with E-state index in [1.54, 1.807) is 53.2 Å². The van der Waals surface area contributed by atoms with E-state index >= 15 is 0 Å². The number of benzene rings is 1. The summed E-state index contributed by atoms with van der Waals surface area (Å²) in [7, 11) is 0. The van der Waals surface area contributed by atoms with Crippen molar-refractivity contribution in [3.63, 3.8) is 0 Å². The summed E-state index contributed by atoms with van der Waals surface area (Å²) < 4.78 is 1.71. The van der Waals surface area contributed by atoms with Gasteiger partial charge in [0.1, 0.15) is 0 Å². The average molecular weight is 302 g/mol. The van der Waals surface area contributed by atoms with E-state index < -0.39 is 0 Å². The summed E-state index contributed by atoms with van der Waals surface area (Å²) in [5.74, 6) is -0.0966. The molecule has 0 saturated carbocycles. The van der Waals surface area contributed by atoms with E-state index in [1.165, 1.54) is 0 Å². The minimum absolute atomic E-state index is 0.104. The first-order valence-corrected chi connectivity index (χ1v) is 6.70. The zero-order valence-electron chi connectivity index (χ0n) is 11.0. The van der Waals surface area contributed by atoms with Gasteiger partial charge < -0.3 is 14.8 Å². The van der Waals surface area contributed by atoms with Crippen molar-refractivity contribution in [2.24, 2.45) is 0 Å². The summed E-state index contributed by atoms with van der Waals surface area (Å²) in [4.78, 5) is 16.2. The molecule has 5 nitrogen and oxygen atoms in total. The summed E-state index contributed by atoms with van der Waals surface area (Å²) >= 11 is 5.78. The number of nitrogens with zero attached hydrogens (tertiary/aromatic N) is 2. The second-order valence-corrected chi connectivity index (χ2v) is 4.98. The largest absolute Gasteiger partial charge is 0.504 e. The van der Waals surface area contributed by atoms with E-state index in [1.807, 2.05) is 0 Å². The fourth-order valence-corrected chi connectivity index (χ4v) is 2.13. The average Bonchev–Trinajstić information content (AvgIpc) is 2.90. The number of halogens is 1. The van der Waals surface area contributed by atoms with E-state index in [2.05, 4.69) is 10.3 Å². The Morgan fingerprint density at radius 3 is 2.76 bits per heavy atom. The standard InChI is InChI=1S/C15H12ClN3O2/c16-11-5-3-10(4-6-11)15(21)17-8-12-9-19-7-1-2-13(20)14(19)18-12/h1-7,9,20H,8H2,(H,17,21). The van der Waals surface area contributed by atoms with E-state index in [-0.39, 0.29) is 18.2 Å². The Bertz CT molecular complexity index is 796. The van der Waals surface area contributed by atoms with Crippen LogP contribution >= 0.6 is 11.6 Å². The number of hydrogen-bond acceptors (Lipinski definition) is 3. The molecule has 106 valence electrons. The monoisotopic (exact) mass is 301 g/mol. The number of fused-ring (bicyclic) bond motifs is 1. The molecule has 2 heterocycles. The molecule has 0 bridgehead atoms. The highest BCUT2D eigenvalue weighted by Gasteiger charge is 2.08. The highest BCUT2D eigenvalue weighted by Crippen LogP contribution is 2.16. The maximum atomic E-state index is 12.0. The molecule has 0 fully saturated rings. The van der Waals surface area contributed by atoms with Gasteiger partial charge in [-0.3, -0.25) is 4.79 Å². The fraction of sp³-hybridized carbons (Fsp3) is 0.0667. The van der Waals surface area contributed by atoms with Crippen LogP contribution in [0.4, 0.5) is 0 Å². The molecule has 3 aromatic rings. The molecule has 0 aliphatic carbocycles. The number of carbonyl (C=O) groups excluding carboxylic acids is 1. The van der Waals surface area contributed by atoms with E-state index in [0.717, 1.165) is 0 Å². The number of aromatic hydroxyl groups is 1. The van der Waals surface area contributed by atoms with Crippen molar-refractivity contribution in [1.29, 1.82) is 0 Å². The zero-order chi connectivity index (χ0) is 14.8. The van der Waals surface area contributed by atoms with Gasteiger partial charge in [-0.25, -0.2) is 4.98 Å². The Labute approximate surface area is 125 Å². The molecule has 6 heteroatoms. The maximum absolute atomic E-state index is 12.0. The van der Waals surface area contributed by atoms with Crippen molar-refractivity contribution < 1.29 is 9.90 Å². The molecule has 21 heavy (non-hydrogen) atoms. The lowest BCUT2D eigenvalue weighted by Gasteiger charge is -2.03. The second kappa shape index (κ2) is 5.46. The van der Waals surface area contributed by atoms with Gasteiger partial charge in [-0.15, -0.1) is 0 Å². The molecule has 0 unspecified atom stereocenters. The quantitative estimate of drug-likeness (QED) is 0.781. The molecular formula is C15H12ClN3O2. The van der Waals surface area contributed by atoms with Gasteiger partial charge in [-0.05, 0) is 36.4 Å². The van der Waals surface area contributed by atoms with Crippen LogP contribution in [0.2, 0.25) is 5.02 Å². The highest BCUT2D eigenvalue weighted by atomic mass is 35.5. The lowest BCUT2D eigenvalue weighted by Crippen LogP contribution is -2.22. The summed E-state index contributed by atoms with van der Waals surface area (Å²) in [5, 5.41) is 13.0. The summed E-state index contributed by atoms with van der Waals surface area (Å²) in [6.45, 7) is 0.280. The predicted molar refractivity (Wildman–Crippen MR) is 79.5 cm³/mol. The van der Waals surface area contributed by atoms with Gasteiger partial charge in [0, 0.05) is 23.0 Å². The zero-order valence-corrected chi connectivity index (χ0v) is 11.7. The van der Waals surface area contributed by atoms with Crippen molar-refractivity contribution in [3.8, 4) is 5.75 Å². The molecular weight excluding hydrogens is 290 g/mol. The van der Waals surface area contributed by atoms with Gasteiger partial charge in [0.25, 0.3) is 5.91 Å². The van der Waals surface area contributed by atoms with Gasteiger partial charge in [0.15, 0.2) is 11.4 Å². The number of pyridine rings is 1. The molecule has 0 aliphatic heterocycles. The number of nitrogens with one attached hydrogen (secondary N) is 1. The minimum atomic E-state index is -0.201. The number of rotatable bonds is 3. The maximum Gasteiger partial charge on any atom is 0.251 e. The van der Waals surface area contributed by atoms with Gasteiger partial charge in [0.05, 0.1) is 12.2 Å². The summed E-state index contributed by atoms with van der Waals surface area (Å²) in [6, 6.07) is 9.94. The third kappa shape index (κ3) is 2.83. The molecule has 0 atom stereocenters. The molecule has 1 amide bonds. The molecule has 0 aliphatic rings. The van der Waals surface area contributed by atoms with Crippen LogP contribution in [0.5, 0.6) is 5.75 Å². The van der Waals surface area contributed by atoms with Crippen LogP contribution in [-0.2, 0) is 6.54 Å². The van der Waals surface area contributed by atoms with Crippen molar-refractivity contribution in [2.45, 2.75) is 6.54 Å². The second-order valence-electron chi connectivity index (χ2n) is 4.55. The van der Waals surface area contributed by atoms with Gasteiger partial charge in [-0.1, -0.05) is 11.6 Å². The number of hydrogen-bond donors (Lipinski definition) is 2. The molecule has 1 aromatic carbocycles. The molecule has 2 N–H and O–H groups in total. The Hall–Kier alpha value is -2.53. The van der Waals surface area contributed by atoms with Crippen LogP contribution in [0.15, 0.2) is 48.8 Å². The minimum Gasteiger partial charge on any atom is -0.504 e. The van der Waals surface area contributed by atoms with E-state index in [9.17, 15) is 9.90 Å². The topological polar surface area (TPSA) is 66.6 Å². The van der Waals surface area contributed by atoms with Crippen molar-refractivity contribution >= 4 is 23.2 Å². The van der Waals surface area contributed by atoms with Crippen molar-refractivity contribution in [3.05, 3.63) is 65.1 Å². The normalized spacial score (nSPS) is 10.7. The van der Waals surface area contributed by atoms with Crippen LogP contribution in [0.25, 0.3) is 5.65 Å². The smallest absolute Gasteiger partial charge is 0.251 e. The first kappa shape index (κ1) is 13.5.